The molecule has 0 unspecified atom stereocenters. The van der Waals surface area contributed by atoms with Gasteiger partial charge in [-0.05, 0) is 36.3 Å². The maximum absolute atomic E-state index is 2.43. The van der Waals surface area contributed by atoms with Crippen LogP contribution in [0.25, 0.3) is 0 Å². The number of hydrogen-bond acceptors (Lipinski definition) is 0. The topological polar surface area (TPSA) is 0 Å². The van der Waals surface area contributed by atoms with E-state index >= 15 is 0 Å². The lowest BCUT2D eigenvalue weighted by atomic mass is 9.94. The molecule has 0 saturated heterocycles. The largest absolute Gasteiger partial charge is 0.0654 e. The van der Waals surface area contributed by atoms with Gasteiger partial charge in [0.2, 0.25) is 0 Å². The van der Waals surface area contributed by atoms with Crippen LogP contribution in [0, 0.1) is 12.3 Å². The highest BCUT2D eigenvalue weighted by molar-refractivity contribution is 5.33. The van der Waals surface area contributed by atoms with Gasteiger partial charge in [-0.2, -0.15) is 0 Å². The average molecular weight is 245 g/mol. The third-order valence-electron chi connectivity index (χ3n) is 3.36. The molecule has 0 heterocycles. The maximum Gasteiger partial charge on any atom is -0.00903 e. The average Bonchev–Trinajstić information content (AvgIpc) is 2.35. The summed E-state index contributed by atoms with van der Waals surface area (Å²) in [6, 6.07) is 8.87. The third-order valence-corrected chi connectivity index (χ3v) is 3.36. The summed E-state index contributed by atoms with van der Waals surface area (Å²) in [5.74, 6) is 0.740. The lowest BCUT2D eigenvalue weighted by molar-refractivity contribution is 0.627. The van der Waals surface area contributed by atoms with Crippen LogP contribution in [0.4, 0.5) is 0 Å². The zero-order chi connectivity index (χ0) is 13.2. The lowest BCUT2D eigenvalue weighted by Crippen LogP contribution is -1.98. The Labute approximate surface area is 114 Å². The quantitative estimate of drug-likeness (QED) is 0.482. The van der Waals surface area contributed by atoms with Gasteiger partial charge in [-0.25, -0.2) is 0 Å². The van der Waals surface area contributed by atoms with Crippen LogP contribution in [0.3, 0.4) is 0 Å². The van der Waals surface area contributed by atoms with E-state index in [0.717, 1.165) is 5.92 Å². The minimum Gasteiger partial charge on any atom is -0.0654 e. The van der Waals surface area contributed by atoms with Crippen molar-refractivity contribution in [3.63, 3.8) is 0 Å². The molecule has 0 bridgehead atoms. The van der Waals surface area contributed by atoms with Crippen molar-refractivity contribution >= 4 is 0 Å². The Bertz CT molecular complexity index is 312. The molecule has 1 rings (SSSR count). The fourth-order valence-corrected chi connectivity index (χ4v) is 2.36. The van der Waals surface area contributed by atoms with Crippen LogP contribution in [0.5, 0.6) is 0 Å². The molecule has 0 spiro atoms. The fraction of sp³-hybridized carbons (Fsp3) is 0.611. The summed E-state index contributed by atoms with van der Waals surface area (Å²) in [5.41, 5.74) is 2.97. The molecule has 0 atom stereocenters. The predicted octanol–water partition coefficient (Wildman–Crippen LogP) is 5.80. The summed E-state index contributed by atoms with van der Waals surface area (Å²) in [6.07, 6.45) is 11.7. The van der Waals surface area contributed by atoms with Gasteiger partial charge in [0.25, 0.3) is 0 Å². The summed E-state index contributed by atoms with van der Waals surface area (Å²) in [4.78, 5) is 0. The van der Waals surface area contributed by atoms with Gasteiger partial charge < -0.3 is 0 Å². The van der Waals surface area contributed by atoms with Gasteiger partial charge in [-0.3, -0.25) is 0 Å². The van der Waals surface area contributed by atoms with Crippen LogP contribution in [-0.2, 0) is 6.42 Å². The molecule has 0 heteroatoms. The Morgan fingerprint density at radius 2 is 1.72 bits per heavy atom. The Balaban J connectivity index is 2.32. The van der Waals surface area contributed by atoms with Crippen molar-refractivity contribution in [2.75, 3.05) is 0 Å². The highest BCUT2D eigenvalue weighted by Crippen LogP contribution is 2.18. The van der Waals surface area contributed by atoms with E-state index in [1.54, 1.807) is 0 Å². The molecule has 0 fully saturated rings. The summed E-state index contributed by atoms with van der Waals surface area (Å²) >= 11 is 0. The minimum atomic E-state index is 0.740. The molecule has 0 N–H and O–H groups in total. The molecule has 0 aliphatic heterocycles. The van der Waals surface area contributed by atoms with E-state index in [2.05, 4.69) is 51.5 Å². The van der Waals surface area contributed by atoms with E-state index in [1.807, 2.05) is 0 Å². The second kappa shape index (κ2) is 9.19. The molecule has 0 nitrogen and oxygen atoms in total. The Morgan fingerprint density at radius 3 is 2.44 bits per heavy atom. The molecule has 1 aromatic carbocycles. The first kappa shape index (κ1) is 15.3. The molecular formula is C18H29. The molecule has 0 aliphatic carbocycles. The van der Waals surface area contributed by atoms with Crippen molar-refractivity contribution < 1.29 is 0 Å². The van der Waals surface area contributed by atoms with Gasteiger partial charge >= 0.3 is 0 Å². The highest BCUT2D eigenvalue weighted by Gasteiger charge is 2.04. The van der Waals surface area contributed by atoms with E-state index in [0.29, 0.717) is 0 Å². The second-order valence-electron chi connectivity index (χ2n) is 5.70. The minimum absolute atomic E-state index is 0.740. The molecule has 1 radical (unpaired) electrons. The molecule has 0 amide bonds. The molecule has 0 aromatic heterocycles. The summed E-state index contributed by atoms with van der Waals surface area (Å²) in [5, 5.41) is 0. The van der Waals surface area contributed by atoms with Crippen LogP contribution in [-0.4, -0.2) is 0 Å². The van der Waals surface area contributed by atoms with Crippen molar-refractivity contribution in [2.45, 2.75) is 65.7 Å². The Kier molecular flexibility index (Phi) is 7.80. The smallest absolute Gasteiger partial charge is 0.00903 e. The maximum atomic E-state index is 2.43. The van der Waals surface area contributed by atoms with E-state index in [1.165, 1.54) is 56.1 Å². The van der Waals surface area contributed by atoms with E-state index < -0.39 is 0 Å². The number of rotatable bonds is 9. The van der Waals surface area contributed by atoms with Crippen molar-refractivity contribution in [3.05, 3.63) is 41.8 Å². The summed E-state index contributed by atoms with van der Waals surface area (Å²) in [7, 11) is 0. The van der Waals surface area contributed by atoms with E-state index in [9.17, 15) is 0 Å². The lowest BCUT2D eigenvalue weighted by Gasteiger charge is -2.11. The van der Waals surface area contributed by atoms with Crippen molar-refractivity contribution in [2.24, 2.45) is 5.92 Å². The zero-order valence-electron chi connectivity index (χ0n) is 12.4. The fourth-order valence-electron chi connectivity index (χ4n) is 2.36. The molecule has 1 aromatic rings. The number of unbranched alkanes of at least 4 members (excludes halogenated alkanes) is 5. The SMILES string of the molecule is CCCCCCC[CH]c1ccccc1CC(C)C. The second-order valence-corrected chi connectivity index (χ2v) is 5.70. The first-order valence-electron chi connectivity index (χ1n) is 7.65. The van der Waals surface area contributed by atoms with E-state index in [4.69, 9.17) is 0 Å². The van der Waals surface area contributed by atoms with Gasteiger partial charge in [0.15, 0.2) is 0 Å². The standard InChI is InChI=1S/C18H29/c1-4-5-6-7-8-9-12-17-13-10-11-14-18(17)15-16(2)3/h10-14,16H,4-9,15H2,1-3H3. The first-order valence-corrected chi connectivity index (χ1v) is 7.65. The van der Waals surface area contributed by atoms with Gasteiger partial charge in [0, 0.05) is 0 Å². The monoisotopic (exact) mass is 245 g/mol. The number of hydrogen-bond donors (Lipinski definition) is 0. The highest BCUT2D eigenvalue weighted by atomic mass is 14.1. The summed E-state index contributed by atoms with van der Waals surface area (Å²) in [6.45, 7) is 6.86. The van der Waals surface area contributed by atoms with Crippen LogP contribution < -0.4 is 0 Å². The zero-order valence-corrected chi connectivity index (χ0v) is 12.4. The van der Waals surface area contributed by atoms with Crippen molar-refractivity contribution in [1.29, 1.82) is 0 Å². The van der Waals surface area contributed by atoms with Crippen LogP contribution in [0.15, 0.2) is 24.3 Å². The van der Waals surface area contributed by atoms with E-state index in [-0.39, 0.29) is 0 Å². The van der Waals surface area contributed by atoms with Gasteiger partial charge in [-0.1, -0.05) is 77.1 Å². The predicted molar refractivity (Wildman–Crippen MR) is 81.8 cm³/mol. The summed E-state index contributed by atoms with van der Waals surface area (Å²) < 4.78 is 0. The molecule has 101 valence electrons. The van der Waals surface area contributed by atoms with Gasteiger partial charge in [-0.15, -0.1) is 0 Å². The normalized spacial score (nSPS) is 11.1. The van der Waals surface area contributed by atoms with Gasteiger partial charge in [0.1, 0.15) is 0 Å². The van der Waals surface area contributed by atoms with Crippen molar-refractivity contribution in [1.82, 2.24) is 0 Å². The molecule has 0 aliphatic rings. The molecule has 0 saturated carbocycles. The van der Waals surface area contributed by atoms with Crippen LogP contribution in [0.1, 0.15) is 70.4 Å². The van der Waals surface area contributed by atoms with Gasteiger partial charge in [0.05, 0.1) is 0 Å². The first-order chi connectivity index (χ1) is 8.74. The molecule has 18 heavy (non-hydrogen) atoms. The Morgan fingerprint density at radius 1 is 1.00 bits per heavy atom. The number of benzene rings is 1. The van der Waals surface area contributed by atoms with Crippen molar-refractivity contribution in [3.8, 4) is 0 Å². The molecular weight excluding hydrogens is 216 g/mol. The third kappa shape index (κ3) is 6.23. The Hall–Kier alpha value is -0.780. The van der Waals surface area contributed by atoms with Crippen LogP contribution >= 0.6 is 0 Å². The van der Waals surface area contributed by atoms with Crippen LogP contribution in [0.2, 0.25) is 0 Å².